The van der Waals surface area contributed by atoms with E-state index in [2.05, 4.69) is 41.9 Å². The fraction of sp³-hybridized carbons (Fsp3) is 0.562. The van der Waals surface area contributed by atoms with E-state index >= 15 is 0 Å². The van der Waals surface area contributed by atoms with E-state index in [1.165, 1.54) is 11.1 Å². The Kier molecular flexibility index (Phi) is 5.74. The number of thioether (sulfide) groups is 1. The topological polar surface area (TPSA) is 40.5 Å². The number of hydrogen-bond acceptors (Lipinski definition) is 3. The van der Waals surface area contributed by atoms with Crippen LogP contribution in [0.15, 0.2) is 21.5 Å². The lowest BCUT2D eigenvalue weighted by Crippen LogP contribution is -2.40. The Morgan fingerprint density at radius 3 is 2.67 bits per heavy atom. The van der Waals surface area contributed by atoms with Gasteiger partial charge in [0.25, 0.3) is 0 Å². The molecule has 5 heteroatoms. The Balaban J connectivity index is 1.84. The van der Waals surface area contributed by atoms with Crippen molar-refractivity contribution in [3.63, 3.8) is 0 Å². The molecule has 3 nitrogen and oxygen atoms in total. The summed E-state index contributed by atoms with van der Waals surface area (Å²) in [6.07, 6.45) is 1.51. The van der Waals surface area contributed by atoms with Gasteiger partial charge < -0.3 is 10.0 Å². The fourth-order valence-corrected chi connectivity index (χ4v) is 4.00. The molecule has 116 valence electrons. The lowest BCUT2D eigenvalue weighted by atomic mass is 9.82. The van der Waals surface area contributed by atoms with Crippen LogP contribution in [-0.4, -0.2) is 41.4 Å². The highest BCUT2D eigenvalue weighted by Gasteiger charge is 2.29. The molecule has 1 aliphatic rings. The molecule has 1 saturated carbocycles. The maximum Gasteiger partial charge on any atom is 0.232 e. The summed E-state index contributed by atoms with van der Waals surface area (Å²) in [5, 5.41) is 9.29. The first-order valence-electron chi connectivity index (χ1n) is 7.18. The van der Waals surface area contributed by atoms with Gasteiger partial charge in [-0.15, -0.1) is 11.8 Å². The number of aliphatic hydroxyl groups excluding tert-OH is 1. The molecule has 0 aromatic heterocycles. The number of hydrogen-bond donors (Lipinski definition) is 1. The van der Waals surface area contributed by atoms with E-state index in [1.807, 2.05) is 7.05 Å². The molecule has 0 heterocycles. The predicted octanol–water partition coefficient (Wildman–Crippen LogP) is 3.39. The second-order valence-corrected chi connectivity index (χ2v) is 7.79. The van der Waals surface area contributed by atoms with Crippen LogP contribution in [0.5, 0.6) is 0 Å². The van der Waals surface area contributed by atoms with Crippen LogP contribution in [0.1, 0.15) is 24.0 Å². The van der Waals surface area contributed by atoms with Crippen LogP contribution in [0.2, 0.25) is 0 Å². The zero-order valence-corrected chi connectivity index (χ0v) is 15.1. The maximum atomic E-state index is 12.2. The molecule has 0 spiro atoms. The molecule has 0 bridgehead atoms. The number of carbonyl (C=O) groups is 1. The van der Waals surface area contributed by atoms with E-state index in [1.54, 1.807) is 16.7 Å². The molecule has 21 heavy (non-hydrogen) atoms. The number of amides is 1. The van der Waals surface area contributed by atoms with Gasteiger partial charge in [-0.05, 0) is 55.9 Å². The van der Waals surface area contributed by atoms with Gasteiger partial charge in [-0.3, -0.25) is 4.79 Å². The average molecular weight is 372 g/mol. The number of rotatable bonds is 5. The summed E-state index contributed by atoms with van der Waals surface area (Å²) in [5.74, 6) is 1.09. The summed E-state index contributed by atoms with van der Waals surface area (Å²) in [7, 11) is 1.85. The van der Waals surface area contributed by atoms with Crippen molar-refractivity contribution in [1.82, 2.24) is 4.90 Å². The molecule has 1 fully saturated rings. The van der Waals surface area contributed by atoms with E-state index < -0.39 is 0 Å². The predicted molar refractivity (Wildman–Crippen MR) is 90.7 cm³/mol. The Hall–Kier alpha value is -0.520. The minimum Gasteiger partial charge on any atom is -0.393 e. The first-order valence-corrected chi connectivity index (χ1v) is 8.96. The van der Waals surface area contributed by atoms with Gasteiger partial charge in [-0.2, -0.15) is 0 Å². The van der Waals surface area contributed by atoms with E-state index in [0.29, 0.717) is 11.7 Å². The summed E-state index contributed by atoms with van der Waals surface area (Å²) in [5.41, 5.74) is 2.38. The van der Waals surface area contributed by atoms with Crippen LogP contribution < -0.4 is 0 Å². The monoisotopic (exact) mass is 371 g/mol. The molecule has 0 saturated heterocycles. The third-order valence-electron chi connectivity index (χ3n) is 3.98. The van der Waals surface area contributed by atoms with Crippen LogP contribution in [0.25, 0.3) is 0 Å². The van der Waals surface area contributed by atoms with Crippen LogP contribution >= 0.6 is 27.7 Å². The highest BCUT2D eigenvalue weighted by atomic mass is 79.9. The smallest absolute Gasteiger partial charge is 0.232 e. The minimum atomic E-state index is -0.152. The molecule has 1 aromatic rings. The van der Waals surface area contributed by atoms with Crippen LogP contribution in [0.4, 0.5) is 0 Å². The van der Waals surface area contributed by atoms with E-state index in [0.717, 1.165) is 28.8 Å². The summed E-state index contributed by atoms with van der Waals surface area (Å²) >= 11 is 5.12. The largest absolute Gasteiger partial charge is 0.393 e. The quantitative estimate of drug-likeness (QED) is 0.806. The Bertz CT molecular complexity index is 529. The van der Waals surface area contributed by atoms with E-state index in [4.69, 9.17) is 0 Å². The summed E-state index contributed by atoms with van der Waals surface area (Å²) < 4.78 is 1.11. The molecule has 0 aliphatic heterocycles. The van der Waals surface area contributed by atoms with Gasteiger partial charge in [-0.25, -0.2) is 0 Å². The van der Waals surface area contributed by atoms with Crippen molar-refractivity contribution < 1.29 is 9.90 Å². The Labute approximate surface area is 139 Å². The van der Waals surface area contributed by atoms with Crippen molar-refractivity contribution in [3.05, 3.63) is 27.7 Å². The van der Waals surface area contributed by atoms with Crippen molar-refractivity contribution in [2.24, 2.45) is 5.92 Å². The zero-order valence-electron chi connectivity index (χ0n) is 12.7. The van der Waals surface area contributed by atoms with Gasteiger partial charge in [0.1, 0.15) is 0 Å². The highest BCUT2D eigenvalue weighted by molar-refractivity contribution is 9.10. The molecular weight excluding hydrogens is 350 g/mol. The molecule has 1 N–H and O–H groups in total. The standard InChI is InChI=1S/C16H22BrNO2S/c1-10-5-15(11(2)4-14(10)17)21-9-16(20)18(3)8-12-6-13(19)7-12/h4-5,12-13,19H,6-9H2,1-3H3. The molecule has 0 unspecified atom stereocenters. The molecule has 1 aliphatic carbocycles. The van der Waals surface area contributed by atoms with Gasteiger partial charge in [-0.1, -0.05) is 15.9 Å². The maximum absolute atomic E-state index is 12.2. The van der Waals surface area contributed by atoms with Crippen molar-refractivity contribution >= 4 is 33.6 Å². The van der Waals surface area contributed by atoms with Gasteiger partial charge in [0.2, 0.25) is 5.91 Å². The number of halogens is 1. The van der Waals surface area contributed by atoms with Crippen LogP contribution in [0.3, 0.4) is 0 Å². The van der Waals surface area contributed by atoms with Gasteiger partial charge >= 0.3 is 0 Å². The van der Waals surface area contributed by atoms with E-state index in [-0.39, 0.29) is 12.0 Å². The van der Waals surface area contributed by atoms with Gasteiger partial charge in [0.15, 0.2) is 0 Å². The average Bonchev–Trinajstić information content (AvgIpc) is 2.39. The first-order chi connectivity index (χ1) is 9.86. The van der Waals surface area contributed by atoms with Gasteiger partial charge in [0.05, 0.1) is 11.9 Å². The highest BCUT2D eigenvalue weighted by Crippen LogP contribution is 2.30. The number of benzene rings is 1. The second-order valence-electron chi connectivity index (χ2n) is 5.92. The molecule has 1 amide bonds. The molecule has 0 atom stereocenters. The third-order valence-corrected chi connectivity index (χ3v) is 5.97. The van der Waals surface area contributed by atoms with Crippen molar-refractivity contribution in [1.29, 1.82) is 0 Å². The summed E-state index contributed by atoms with van der Waals surface area (Å²) in [4.78, 5) is 15.1. The second kappa shape index (κ2) is 7.16. The Morgan fingerprint density at radius 1 is 1.38 bits per heavy atom. The van der Waals surface area contributed by atoms with Gasteiger partial charge in [0, 0.05) is 23.0 Å². The lowest BCUT2D eigenvalue weighted by molar-refractivity contribution is -0.128. The SMILES string of the molecule is Cc1cc(SCC(=O)N(C)CC2CC(O)C2)c(C)cc1Br. The normalized spacial score (nSPS) is 21.0. The van der Waals surface area contributed by atoms with Crippen molar-refractivity contribution in [2.75, 3.05) is 19.3 Å². The zero-order chi connectivity index (χ0) is 15.6. The lowest BCUT2D eigenvalue weighted by Gasteiger charge is -2.34. The molecule has 0 radical (unpaired) electrons. The third kappa shape index (κ3) is 4.47. The molecule has 1 aromatic carbocycles. The fourth-order valence-electron chi connectivity index (χ4n) is 2.50. The first kappa shape index (κ1) is 16.8. The minimum absolute atomic E-state index is 0.152. The van der Waals surface area contributed by atoms with Crippen LogP contribution in [-0.2, 0) is 4.79 Å². The number of aryl methyl sites for hydroxylation is 2. The Morgan fingerprint density at radius 2 is 2.05 bits per heavy atom. The number of carbonyl (C=O) groups excluding carboxylic acids is 1. The van der Waals surface area contributed by atoms with Crippen molar-refractivity contribution in [3.8, 4) is 0 Å². The number of aliphatic hydroxyl groups is 1. The number of nitrogens with zero attached hydrogens (tertiary/aromatic N) is 1. The summed E-state index contributed by atoms with van der Waals surface area (Å²) in [6, 6.07) is 4.22. The van der Waals surface area contributed by atoms with Crippen molar-refractivity contribution in [2.45, 2.75) is 37.7 Å². The van der Waals surface area contributed by atoms with Crippen LogP contribution in [0, 0.1) is 19.8 Å². The molecule has 2 rings (SSSR count). The molecular formula is C16H22BrNO2S. The van der Waals surface area contributed by atoms with E-state index in [9.17, 15) is 9.90 Å². The summed E-state index contributed by atoms with van der Waals surface area (Å²) in [6.45, 7) is 4.88.